The Kier molecular flexibility index (Phi) is 10.7. The Balaban J connectivity index is 2.60. The van der Waals surface area contributed by atoms with Gasteiger partial charge in [-0.15, -0.1) is 0 Å². The summed E-state index contributed by atoms with van der Waals surface area (Å²) in [5.41, 5.74) is 0. The molecule has 0 aromatic carbocycles. The molecule has 0 spiro atoms. The molecule has 0 aromatic rings. The Bertz CT molecular complexity index is 47.1. The first-order valence-corrected chi connectivity index (χ1v) is 5.62. The van der Waals surface area contributed by atoms with E-state index in [0.717, 1.165) is 23.2 Å². The van der Waals surface area contributed by atoms with Crippen molar-refractivity contribution in [1.82, 2.24) is 0 Å². The molecule has 0 radical (unpaired) electrons. The topological polar surface area (TPSA) is 18.5 Å². The normalized spacial score (nSPS) is 10.0. The SMILES string of the molecule is CCCSOSSOS. The quantitative estimate of drug-likeness (QED) is 0.309. The van der Waals surface area contributed by atoms with Gasteiger partial charge >= 0.3 is 0 Å². The maximum atomic E-state index is 4.94. The van der Waals surface area contributed by atoms with Crippen molar-refractivity contribution in [3.05, 3.63) is 0 Å². The van der Waals surface area contributed by atoms with Crippen LogP contribution in [0.5, 0.6) is 0 Å². The molecule has 56 valence electrons. The predicted octanol–water partition coefficient (Wildman–Crippen LogP) is 3.13. The molecular formula is C3H8O2S4. The first-order valence-electron chi connectivity index (χ1n) is 2.35. The number of thiol groups is 1. The van der Waals surface area contributed by atoms with Gasteiger partial charge in [-0.25, -0.2) is 7.26 Å². The lowest BCUT2D eigenvalue weighted by atomic mass is 10.6. The molecule has 0 aliphatic heterocycles. The molecule has 0 unspecified atom stereocenters. The van der Waals surface area contributed by atoms with Crippen LogP contribution in [0.2, 0.25) is 0 Å². The number of rotatable bonds is 6. The Morgan fingerprint density at radius 2 is 2.22 bits per heavy atom. The Hall–Kier alpha value is 1.32. The maximum absolute atomic E-state index is 4.94. The molecule has 0 aliphatic rings. The van der Waals surface area contributed by atoms with Gasteiger partial charge in [0.2, 0.25) is 0 Å². The monoisotopic (exact) mass is 204 g/mol. The summed E-state index contributed by atoms with van der Waals surface area (Å²) >= 11 is 7.19. The molecule has 0 rings (SSSR count). The second kappa shape index (κ2) is 9.32. The summed E-state index contributed by atoms with van der Waals surface area (Å²) < 4.78 is 9.29. The lowest BCUT2D eigenvalue weighted by Crippen LogP contribution is -1.70. The van der Waals surface area contributed by atoms with Gasteiger partial charge in [0.25, 0.3) is 0 Å². The van der Waals surface area contributed by atoms with Gasteiger partial charge in [-0.05, 0) is 19.3 Å². The lowest BCUT2D eigenvalue weighted by Gasteiger charge is -1.94. The van der Waals surface area contributed by atoms with Crippen molar-refractivity contribution >= 4 is 47.1 Å². The zero-order valence-electron chi connectivity index (χ0n) is 4.90. The van der Waals surface area contributed by atoms with E-state index in [9.17, 15) is 0 Å². The van der Waals surface area contributed by atoms with Crippen LogP contribution in [0.4, 0.5) is 0 Å². The third kappa shape index (κ3) is 9.32. The summed E-state index contributed by atoms with van der Waals surface area (Å²) in [6, 6.07) is 0. The molecule has 0 amide bonds. The van der Waals surface area contributed by atoms with E-state index in [1.165, 1.54) is 23.1 Å². The minimum absolute atomic E-state index is 1.01. The molecule has 9 heavy (non-hydrogen) atoms. The summed E-state index contributed by atoms with van der Waals surface area (Å²) in [5.74, 6) is 1.01. The molecule has 0 N–H and O–H groups in total. The molecule has 0 saturated carbocycles. The zero-order valence-corrected chi connectivity index (χ0v) is 8.25. The number of hydrogen-bond donors (Lipinski definition) is 1. The highest BCUT2D eigenvalue weighted by Gasteiger charge is 1.89. The van der Waals surface area contributed by atoms with Crippen LogP contribution in [0.3, 0.4) is 0 Å². The van der Waals surface area contributed by atoms with Gasteiger partial charge in [0.15, 0.2) is 0 Å². The number of hydrogen-bond acceptors (Lipinski definition) is 6. The summed E-state index contributed by atoms with van der Waals surface area (Å²) in [6.07, 6.45) is 1.12. The van der Waals surface area contributed by atoms with Gasteiger partial charge in [0.05, 0.1) is 0 Å². The van der Waals surface area contributed by atoms with Crippen LogP contribution >= 0.6 is 47.1 Å². The first kappa shape index (κ1) is 10.3. The average molecular weight is 204 g/mol. The van der Waals surface area contributed by atoms with Gasteiger partial charge in [0, 0.05) is 17.8 Å². The van der Waals surface area contributed by atoms with Crippen molar-refractivity contribution < 1.29 is 7.26 Å². The van der Waals surface area contributed by atoms with E-state index in [2.05, 4.69) is 23.5 Å². The van der Waals surface area contributed by atoms with Crippen LogP contribution in [-0.2, 0) is 7.26 Å². The van der Waals surface area contributed by atoms with E-state index >= 15 is 0 Å². The fourth-order valence-electron chi connectivity index (χ4n) is 0.161. The highest BCUT2D eigenvalue weighted by Crippen LogP contribution is 2.29. The molecule has 6 heteroatoms. The van der Waals surface area contributed by atoms with Crippen LogP contribution in [-0.4, -0.2) is 5.75 Å². The molecule has 0 aliphatic carbocycles. The zero-order chi connectivity index (χ0) is 6.95. The van der Waals surface area contributed by atoms with Crippen LogP contribution in [0.1, 0.15) is 13.3 Å². The van der Waals surface area contributed by atoms with Crippen LogP contribution in [0, 0.1) is 0 Å². The van der Waals surface area contributed by atoms with Crippen molar-refractivity contribution in [3.8, 4) is 0 Å². The Morgan fingerprint density at radius 3 is 2.78 bits per heavy atom. The minimum Gasteiger partial charge on any atom is -0.237 e. The molecule has 0 aromatic heterocycles. The summed E-state index contributed by atoms with van der Waals surface area (Å²) in [4.78, 5) is 0. The summed E-state index contributed by atoms with van der Waals surface area (Å²) in [5, 5.41) is 0. The van der Waals surface area contributed by atoms with E-state index < -0.39 is 0 Å². The lowest BCUT2D eigenvalue weighted by molar-refractivity contribution is 0.754. The van der Waals surface area contributed by atoms with Gasteiger partial charge in [-0.3, -0.25) is 0 Å². The molecule has 0 fully saturated rings. The smallest absolute Gasteiger partial charge is 0.109 e. The predicted molar refractivity (Wildman–Crippen MR) is 49.1 cm³/mol. The van der Waals surface area contributed by atoms with Crippen LogP contribution in [0.25, 0.3) is 0 Å². The Labute approximate surface area is 73.5 Å². The molecule has 2 nitrogen and oxygen atoms in total. The second-order valence-electron chi connectivity index (χ2n) is 1.10. The van der Waals surface area contributed by atoms with E-state index in [0.29, 0.717) is 0 Å². The molecule has 0 heterocycles. The largest absolute Gasteiger partial charge is 0.237 e. The molecular weight excluding hydrogens is 196 g/mol. The van der Waals surface area contributed by atoms with Gasteiger partial charge in [-0.1, -0.05) is 6.92 Å². The highest BCUT2D eigenvalue weighted by atomic mass is 33.1. The van der Waals surface area contributed by atoms with Gasteiger partial charge in [0.1, 0.15) is 22.1 Å². The summed E-state index contributed by atoms with van der Waals surface area (Å²) in [6.45, 7) is 2.10. The van der Waals surface area contributed by atoms with Crippen LogP contribution in [0.15, 0.2) is 0 Å². The minimum atomic E-state index is 1.01. The second-order valence-corrected chi connectivity index (χ2v) is 3.97. The highest BCUT2D eigenvalue weighted by molar-refractivity contribution is 8.74. The summed E-state index contributed by atoms with van der Waals surface area (Å²) in [7, 11) is 0. The van der Waals surface area contributed by atoms with Gasteiger partial charge < -0.3 is 0 Å². The van der Waals surface area contributed by atoms with E-state index in [1.54, 1.807) is 0 Å². The Morgan fingerprint density at radius 1 is 1.44 bits per heavy atom. The van der Waals surface area contributed by atoms with Crippen molar-refractivity contribution in [1.29, 1.82) is 0 Å². The first-order chi connectivity index (χ1) is 4.41. The van der Waals surface area contributed by atoms with E-state index in [4.69, 9.17) is 3.63 Å². The van der Waals surface area contributed by atoms with Crippen molar-refractivity contribution in [2.45, 2.75) is 13.3 Å². The third-order valence-corrected chi connectivity index (χ3v) is 3.12. The van der Waals surface area contributed by atoms with Crippen molar-refractivity contribution in [2.75, 3.05) is 5.75 Å². The van der Waals surface area contributed by atoms with E-state index in [-0.39, 0.29) is 0 Å². The standard InChI is InChI=1S/C3H8O2S4/c1-2-3-7-5-9-8-4-6/h6H,2-3H2,1H3. The third-order valence-electron chi connectivity index (χ3n) is 0.422. The molecule has 0 atom stereocenters. The molecule has 0 bridgehead atoms. The fourth-order valence-corrected chi connectivity index (χ4v) is 1.73. The van der Waals surface area contributed by atoms with Crippen LogP contribution < -0.4 is 0 Å². The van der Waals surface area contributed by atoms with Gasteiger partial charge in [-0.2, -0.15) is 0 Å². The van der Waals surface area contributed by atoms with E-state index in [1.807, 2.05) is 0 Å². The fraction of sp³-hybridized carbons (Fsp3) is 1.00. The van der Waals surface area contributed by atoms with Crippen molar-refractivity contribution in [2.24, 2.45) is 0 Å². The maximum Gasteiger partial charge on any atom is 0.109 e. The average Bonchev–Trinajstić information content (AvgIpc) is 1.89. The molecule has 0 saturated heterocycles. The van der Waals surface area contributed by atoms with Crippen molar-refractivity contribution in [3.63, 3.8) is 0 Å².